The van der Waals surface area contributed by atoms with Crippen LogP contribution in [0.5, 0.6) is 6.01 Å². The molecule has 0 radical (unpaired) electrons. The Morgan fingerprint density at radius 2 is 1.44 bits per heavy atom. The lowest BCUT2D eigenvalue weighted by Crippen LogP contribution is -2.74. The van der Waals surface area contributed by atoms with Crippen molar-refractivity contribution in [1.29, 1.82) is 0 Å². The van der Waals surface area contributed by atoms with Crippen molar-refractivity contribution in [2.45, 2.75) is 25.5 Å². The molecule has 4 aromatic rings. The number of para-hydroxylation sites is 2. The van der Waals surface area contributed by atoms with E-state index in [-0.39, 0.29) is 24.4 Å². The molecular formula is C29H24N4O3. The second kappa shape index (κ2) is 8.30. The summed E-state index contributed by atoms with van der Waals surface area (Å²) >= 11 is 0. The van der Waals surface area contributed by atoms with Gasteiger partial charge in [-0.25, -0.2) is 9.97 Å². The molecule has 2 aliphatic rings. The summed E-state index contributed by atoms with van der Waals surface area (Å²) in [6.07, 6.45) is -0.939. The van der Waals surface area contributed by atoms with Gasteiger partial charge in [0.1, 0.15) is 12.1 Å². The van der Waals surface area contributed by atoms with E-state index in [4.69, 9.17) is 4.74 Å². The van der Waals surface area contributed by atoms with Crippen molar-refractivity contribution in [2.75, 3.05) is 11.4 Å². The van der Waals surface area contributed by atoms with Gasteiger partial charge in [-0.15, -0.1) is 0 Å². The molecule has 178 valence electrons. The predicted molar refractivity (Wildman–Crippen MR) is 135 cm³/mol. The van der Waals surface area contributed by atoms with Crippen LogP contribution in [-0.2, 0) is 15.1 Å². The van der Waals surface area contributed by atoms with Gasteiger partial charge in [0.05, 0.1) is 5.69 Å². The molecule has 0 bridgehead atoms. The number of nitrogens with zero attached hydrogens (tertiary/aromatic N) is 4. The summed E-state index contributed by atoms with van der Waals surface area (Å²) in [7, 11) is 0. The Bertz CT molecular complexity index is 1450. The summed E-state index contributed by atoms with van der Waals surface area (Å²) in [5, 5.41) is 0. The maximum absolute atomic E-state index is 13.7. The van der Waals surface area contributed by atoms with Gasteiger partial charge in [-0.05, 0) is 43.7 Å². The van der Waals surface area contributed by atoms with Gasteiger partial charge < -0.3 is 9.64 Å². The molecule has 2 amide bonds. The van der Waals surface area contributed by atoms with E-state index in [1.54, 1.807) is 9.80 Å². The fraction of sp³-hybridized carbons (Fsp3) is 0.172. The summed E-state index contributed by atoms with van der Waals surface area (Å²) in [6, 6.07) is 28.9. The minimum atomic E-state index is -1.03. The van der Waals surface area contributed by atoms with E-state index in [0.717, 1.165) is 28.2 Å². The summed E-state index contributed by atoms with van der Waals surface area (Å²) in [5.41, 5.74) is 3.58. The second-order valence-electron chi connectivity index (χ2n) is 9.07. The Morgan fingerprint density at radius 1 is 0.833 bits per heavy atom. The zero-order chi connectivity index (χ0) is 24.9. The van der Waals surface area contributed by atoms with Crippen LogP contribution in [0.2, 0.25) is 0 Å². The molecule has 0 N–H and O–H groups in total. The SMILES string of the molecule is Cc1cc(C)nc(OC2C(=O)N3CC(=O)N(c4ccccc4)c4ccccc4C23c2ccccc2)n1. The summed E-state index contributed by atoms with van der Waals surface area (Å²) in [6.45, 7) is 3.63. The highest BCUT2D eigenvalue weighted by molar-refractivity contribution is 6.08. The third-order valence-corrected chi connectivity index (χ3v) is 6.81. The number of benzene rings is 3. The third kappa shape index (κ3) is 3.20. The molecule has 7 nitrogen and oxygen atoms in total. The van der Waals surface area contributed by atoms with Gasteiger partial charge in [0.15, 0.2) is 0 Å². The predicted octanol–water partition coefficient (Wildman–Crippen LogP) is 4.31. The number of carbonyl (C=O) groups excluding carboxylic acids is 2. The Balaban J connectivity index is 1.59. The number of hydrogen-bond donors (Lipinski definition) is 0. The van der Waals surface area contributed by atoms with Crippen molar-refractivity contribution in [3.05, 3.63) is 114 Å². The molecule has 1 fully saturated rings. The van der Waals surface area contributed by atoms with Crippen LogP contribution < -0.4 is 9.64 Å². The van der Waals surface area contributed by atoms with Gasteiger partial charge in [0.2, 0.25) is 6.10 Å². The molecule has 0 aliphatic carbocycles. The summed E-state index contributed by atoms with van der Waals surface area (Å²) < 4.78 is 6.30. The number of amides is 2. The number of rotatable bonds is 4. The Labute approximate surface area is 209 Å². The first-order valence-corrected chi connectivity index (χ1v) is 11.8. The van der Waals surface area contributed by atoms with Crippen molar-refractivity contribution in [2.24, 2.45) is 0 Å². The summed E-state index contributed by atoms with van der Waals surface area (Å²) in [5.74, 6) is -0.472. The average molecular weight is 477 g/mol. The van der Waals surface area contributed by atoms with Crippen LogP contribution in [0.15, 0.2) is 91.0 Å². The number of aryl methyl sites for hydroxylation is 2. The van der Waals surface area contributed by atoms with Crippen molar-refractivity contribution in [3.8, 4) is 6.01 Å². The maximum atomic E-state index is 13.7. The lowest BCUT2D eigenvalue weighted by Gasteiger charge is -2.55. The van der Waals surface area contributed by atoms with Gasteiger partial charge in [-0.1, -0.05) is 66.7 Å². The van der Waals surface area contributed by atoms with Crippen molar-refractivity contribution >= 4 is 23.2 Å². The molecule has 1 saturated heterocycles. The first-order valence-electron chi connectivity index (χ1n) is 11.8. The van der Waals surface area contributed by atoms with E-state index >= 15 is 0 Å². The lowest BCUT2D eigenvalue weighted by molar-refractivity contribution is -0.178. The first-order chi connectivity index (χ1) is 17.5. The number of anilines is 2. The van der Waals surface area contributed by atoms with Gasteiger partial charge in [0, 0.05) is 22.6 Å². The lowest BCUT2D eigenvalue weighted by atomic mass is 9.69. The molecule has 2 aliphatic heterocycles. The fourth-order valence-corrected chi connectivity index (χ4v) is 5.39. The molecule has 2 atom stereocenters. The molecule has 36 heavy (non-hydrogen) atoms. The van der Waals surface area contributed by atoms with Crippen LogP contribution in [0, 0.1) is 13.8 Å². The van der Waals surface area contributed by atoms with Gasteiger partial charge in [0.25, 0.3) is 11.8 Å². The van der Waals surface area contributed by atoms with E-state index in [2.05, 4.69) is 9.97 Å². The van der Waals surface area contributed by atoms with Crippen LogP contribution in [0.4, 0.5) is 11.4 Å². The Kier molecular flexibility index (Phi) is 5.07. The van der Waals surface area contributed by atoms with Gasteiger partial charge in [-0.3, -0.25) is 14.5 Å². The first kappa shape index (κ1) is 22.0. The van der Waals surface area contributed by atoms with Crippen LogP contribution >= 0.6 is 0 Å². The molecule has 2 unspecified atom stereocenters. The van der Waals surface area contributed by atoms with E-state index in [1.807, 2.05) is 105 Å². The number of carbonyl (C=O) groups is 2. The molecule has 0 saturated carbocycles. The standard InChI is InChI=1S/C29H24N4O3/c1-19-17-20(2)31-28(30-19)36-26-27(35)32-18-25(34)33(22-13-7-4-8-14-22)24-16-10-9-15-23(24)29(26,32)21-11-5-3-6-12-21/h3-17,26H,18H2,1-2H3. The average Bonchev–Trinajstić information content (AvgIpc) is 2.98. The number of fused-ring (bicyclic) bond motifs is 3. The monoisotopic (exact) mass is 476 g/mol. The molecule has 7 heteroatoms. The third-order valence-electron chi connectivity index (χ3n) is 6.81. The number of ether oxygens (including phenoxy) is 1. The van der Waals surface area contributed by atoms with Crippen LogP contribution in [-0.4, -0.2) is 39.3 Å². The zero-order valence-corrected chi connectivity index (χ0v) is 20.0. The Hall–Kier alpha value is -4.52. The number of hydrogen-bond acceptors (Lipinski definition) is 5. The minimum Gasteiger partial charge on any atom is -0.447 e. The normalized spacial score (nSPS) is 20.8. The van der Waals surface area contributed by atoms with Crippen molar-refractivity contribution in [1.82, 2.24) is 14.9 Å². The van der Waals surface area contributed by atoms with E-state index < -0.39 is 11.6 Å². The van der Waals surface area contributed by atoms with Crippen LogP contribution in [0.3, 0.4) is 0 Å². The van der Waals surface area contributed by atoms with E-state index in [0.29, 0.717) is 5.69 Å². The molecule has 3 aromatic carbocycles. The van der Waals surface area contributed by atoms with Gasteiger partial charge in [-0.2, -0.15) is 0 Å². The zero-order valence-electron chi connectivity index (χ0n) is 20.0. The van der Waals surface area contributed by atoms with E-state index in [9.17, 15) is 9.59 Å². The number of aromatic nitrogens is 2. The largest absolute Gasteiger partial charge is 0.447 e. The van der Waals surface area contributed by atoms with Crippen molar-refractivity contribution < 1.29 is 14.3 Å². The van der Waals surface area contributed by atoms with E-state index in [1.165, 1.54) is 0 Å². The second-order valence-corrected chi connectivity index (χ2v) is 9.07. The van der Waals surface area contributed by atoms with Crippen LogP contribution in [0.25, 0.3) is 0 Å². The smallest absolute Gasteiger partial charge is 0.317 e. The fourth-order valence-electron chi connectivity index (χ4n) is 5.39. The van der Waals surface area contributed by atoms with Crippen molar-refractivity contribution in [3.63, 3.8) is 0 Å². The molecule has 3 heterocycles. The maximum Gasteiger partial charge on any atom is 0.317 e. The summed E-state index contributed by atoms with van der Waals surface area (Å²) in [4.78, 5) is 39.6. The minimum absolute atomic E-state index is 0.0924. The quantitative estimate of drug-likeness (QED) is 0.411. The molecular weight excluding hydrogens is 452 g/mol. The van der Waals surface area contributed by atoms with Gasteiger partial charge >= 0.3 is 6.01 Å². The molecule has 1 aromatic heterocycles. The highest BCUT2D eigenvalue weighted by Crippen LogP contribution is 2.53. The van der Waals surface area contributed by atoms with Crippen LogP contribution in [0.1, 0.15) is 22.5 Å². The molecule has 0 spiro atoms. The molecule has 6 rings (SSSR count). The topological polar surface area (TPSA) is 75.6 Å². The Morgan fingerprint density at radius 3 is 2.14 bits per heavy atom. The highest BCUT2D eigenvalue weighted by Gasteiger charge is 2.67. The number of β-lactam (4-membered cyclic amide) rings is 1. The highest BCUT2D eigenvalue weighted by atomic mass is 16.5.